The molecule has 1 aliphatic heterocycles. The summed E-state index contributed by atoms with van der Waals surface area (Å²) in [6.45, 7) is -0.0795. The zero-order chi connectivity index (χ0) is 33.3. The lowest BCUT2D eigenvalue weighted by atomic mass is 10.1. The lowest BCUT2D eigenvalue weighted by Crippen LogP contribution is -2.62. The molecule has 0 saturated carbocycles. The van der Waals surface area contributed by atoms with E-state index in [1.165, 1.54) is 25.1 Å². The standard InChI is InChI=1S/C32H28F6N4O3S/c1-21-17-31(34,35)20-42(21,46(44,45)27-13-11-26(33)12-14-27)30(43)40-19-23-15-28(24-7-9-25(10-8-24)32(36,37)38)41-29(16-23)39-18-22-5-3-2-4-6-22/h2-16,21H,17-20H2,1H3,(H-,39,40,41,43)/p+1/t21-,42?/m1/s1. The summed E-state index contributed by atoms with van der Waals surface area (Å²) in [4.78, 5) is 17.8. The molecule has 2 atom stereocenters. The summed E-state index contributed by atoms with van der Waals surface area (Å²) in [5.74, 6) is -3.92. The fourth-order valence-electron chi connectivity index (χ4n) is 5.50. The van der Waals surface area contributed by atoms with Crippen molar-refractivity contribution in [2.45, 2.75) is 49.5 Å². The smallest absolute Gasteiger partial charge is 0.366 e. The van der Waals surface area contributed by atoms with E-state index in [1.807, 2.05) is 30.3 Å². The summed E-state index contributed by atoms with van der Waals surface area (Å²) >= 11 is 0. The van der Waals surface area contributed by atoms with Crippen LogP contribution in [-0.4, -0.2) is 41.8 Å². The number of nitrogens with zero attached hydrogens (tertiary/aromatic N) is 2. The highest BCUT2D eigenvalue weighted by atomic mass is 32.2. The second kappa shape index (κ2) is 12.4. The number of benzene rings is 3. The highest BCUT2D eigenvalue weighted by Crippen LogP contribution is 2.43. The van der Waals surface area contributed by atoms with Gasteiger partial charge in [0.2, 0.25) is 0 Å². The average molecular weight is 664 g/mol. The normalized spacial score (nSPS) is 19.5. The van der Waals surface area contributed by atoms with Crippen LogP contribution in [0.25, 0.3) is 11.3 Å². The van der Waals surface area contributed by atoms with Gasteiger partial charge in [-0.2, -0.15) is 21.6 Å². The van der Waals surface area contributed by atoms with Gasteiger partial charge in [-0.05, 0) is 66.6 Å². The van der Waals surface area contributed by atoms with E-state index in [1.54, 1.807) is 6.07 Å². The molecule has 0 spiro atoms. The molecular formula is C32H29F6N4O3S+. The SMILES string of the molecule is C[C@@H]1CC(F)(F)C[N+]1(C(=O)NCc1cc(NCc2ccccc2)nc(-c2ccc(C(F)(F)F)cc2)c1)S(=O)(=O)c1ccc(F)cc1. The number of aromatic nitrogens is 1. The van der Waals surface area contributed by atoms with E-state index in [0.717, 1.165) is 42.0 Å². The Morgan fingerprint density at radius 3 is 2.17 bits per heavy atom. The van der Waals surface area contributed by atoms with E-state index in [4.69, 9.17) is 0 Å². The molecule has 2 heterocycles. The van der Waals surface area contributed by atoms with Gasteiger partial charge in [0.1, 0.15) is 22.6 Å². The van der Waals surface area contributed by atoms with Crippen LogP contribution >= 0.6 is 0 Å². The highest BCUT2D eigenvalue weighted by molar-refractivity contribution is 7.86. The maximum absolute atomic E-state index is 14.7. The third kappa shape index (κ3) is 6.72. The van der Waals surface area contributed by atoms with Gasteiger partial charge in [-0.3, -0.25) is 0 Å². The van der Waals surface area contributed by atoms with Crippen LogP contribution in [0.1, 0.15) is 30.0 Å². The van der Waals surface area contributed by atoms with Crippen LogP contribution in [0.3, 0.4) is 0 Å². The van der Waals surface area contributed by atoms with Gasteiger partial charge >= 0.3 is 28.2 Å². The molecule has 1 aromatic heterocycles. The molecule has 3 aromatic carbocycles. The number of urea groups is 1. The van der Waals surface area contributed by atoms with E-state index in [9.17, 15) is 39.6 Å². The Hall–Kier alpha value is -4.43. The quantitative estimate of drug-likeness (QED) is 0.152. The fraction of sp³-hybridized carbons (Fsp3) is 0.250. The summed E-state index contributed by atoms with van der Waals surface area (Å²) < 4.78 is 108. The number of rotatable bonds is 8. The monoisotopic (exact) mass is 663 g/mol. The van der Waals surface area contributed by atoms with Gasteiger partial charge in [-0.25, -0.2) is 22.9 Å². The molecule has 1 unspecified atom stereocenters. The number of nitrogens with one attached hydrogen (secondary N) is 2. The number of carbonyl (C=O) groups excluding carboxylic acids is 1. The van der Waals surface area contributed by atoms with Crippen LogP contribution in [0.2, 0.25) is 0 Å². The number of likely N-dealkylation sites (tertiary alicyclic amines) is 1. The number of sulfonamides is 1. The molecule has 0 radical (unpaired) electrons. The number of hydrogen-bond acceptors (Lipinski definition) is 5. The van der Waals surface area contributed by atoms with Crippen LogP contribution in [0.4, 0.5) is 37.0 Å². The van der Waals surface area contributed by atoms with Crippen molar-refractivity contribution in [1.82, 2.24) is 10.3 Å². The molecule has 2 amide bonds. The summed E-state index contributed by atoms with van der Waals surface area (Å²) in [6.07, 6.45) is -5.42. The van der Waals surface area contributed by atoms with Crippen molar-refractivity contribution < 1.29 is 43.4 Å². The number of anilines is 1. The largest absolute Gasteiger partial charge is 0.432 e. The molecule has 5 rings (SSSR count). The van der Waals surface area contributed by atoms with Gasteiger partial charge < -0.3 is 10.6 Å². The Morgan fingerprint density at radius 1 is 0.935 bits per heavy atom. The maximum atomic E-state index is 14.7. The van der Waals surface area contributed by atoms with E-state index < -0.39 is 67.3 Å². The first-order chi connectivity index (χ1) is 21.6. The van der Waals surface area contributed by atoms with E-state index in [2.05, 4.69) is 15.6 Å². The van der Waals surface area contributed by atoms with E-state index >= 15 is 0 Å². The average Bonchev–Trinajstić information content (AvgIpc) is 3.28. The first-order valence-corrected chi connectivity index (χ1v) is 15.6. The number of halogens is 6. The van der Waals surface area contributed by atoms with Crippen LogP contribution in [0, 0.1) is 5.82 Å². The van der Waals surface area contributed by atoms with Crippen LogP contribution in [-0.2, 0) is 29.3 Å². The molecule has 14 heteroatoms. The van der Waals surface area contributed by atoms with Crippen molar-refractivity contribution in [1.29, 1.82) is 0 Å². The molecule has 46 heavy (non-hydrogen) atoms. The molecule has 0 bridgehead atoms. The van der Waals surface area contributed by atoms with Crippen LogP contribution < -0.4 is 10.6 Å². The fourth-order valence-corrected chi connectivity index (χ4v) is 7.55. The third-order valence-corrected chi connectivity index (χ3v) is 10.2. The first kappa shape index (κ1) is 32.9. The van der Waals surface area contributed by atoms with Crippen molar-refractivity contribution in [3.05, 3.63) is 114 Å². The second-order valence-corrected chi connectivity index (χ2v) is 13.2. The van der Waals surface area contributed by atoms with Gasteiger partial charge in [0, 0.05) is 18.7 Å². The molecule has 242 valence electrons. The molecule has 2 N–H and O–H groups in total. The number of quaternary nitrogens is 1. The Kier molecular flexibility index (Phi) is 8.88. The van der Waals surface area contributed by atoms with Crippen molar-refractivity contribution in [3.63, 3.8) is 0 Å². The van der Waals surface area contributed by atoms with E-state index in [-0.39, 0.29) is 12.2 Å². The Morgan fingerprint density at radius 2 is 1.59 bits per heavy atom. The molecule has 0 aliphatic carbocycles. The van der Waals surface area contributed by atoms with Crippen molar-refractivity contribution >= 4 is 21.9 Å². The first-order valence-electron chi connectivity index (χ1n) is 14.1. The van der Waals surface area contributed by atoms with E-state index in [0.29, 0.717) is 23.5 Å². The lowest BCUT2D eigenvalue weighted by Gasteiger charge is -2.33. The number of pyridine rings is 1. The zero-order valence-corrected chi connectivity index (χ0v) is 25.2. The second-order valence-electron chi connectivity index (χ2n) is 11.1. The highest BCUT2D eigenvalue weighted by Gasteiger charge is 2.66. The van der Waals surface area contributed by atoms with Gasteiger partial charge in [0.25, 0.3) is 0 Å². The minimum absolute atomic E-state index is 0.250. The number of alkyl halides is 5. The van der Waals surface area contributed by atoms with Gasteiger partial charge in [0.15, 0.2) is 6.54 Å². The summed E-state index contributed by atoms with van der Waals surface area (Å²) in [5, 5.41) is 5.62. The maximum Gasteiger partial charge on any atom is 0.432 e. The molecule has 1 aliphatic rings. The van der Waals surface area contributed by atoms with Crippen LogP contribution in [0.15, 0.2) is 95.9 Å². The van der Waals surface area contributed by atoms with Gasteiger partial charge in [-0.1, -0.05) is 42.5 Å². The minimum Gasteiger partial charge on any atom is -0.366 e. The van der Waals surface area contributed by atoms with Crippen LogP contribution in [0.5, 0.6) is 0 Å². The molecule has 1 saturated heterocycles. The number of hydrogen-bond donors (Lipinski definition) is 2. The molecule has 7 nitrogen and oxygen atoms in total. The summed E-state index contributed by atoms with van der Waals surface area (Å²) in [7, 11) is -4.79. The zero-order valence-electron chi connectivity index (χ0n) is 24.4. The minimum atomic E-state index is -4.79. The number of amides is 2. The third-order valence-electron chi connectivity index (χ3n) is 7.81. The van der Waals surface area contributed by atoms with Crippen molar-refractivity contribution in [2.24, 2.45) is 0 Å². The molecule has 1 fully saturated rings. The summed E-state index contributed by atoms with van der Waals surface area (Å²) in [5.41, 5.74) is 0.999. The topological polar surface area (TPSA) is 88.2 Å². The predicted octanol–water partition coefficient (Wildman–Crippen LogP) is 7.36. The Labute approximate surface area is 261 Å². The Balaban J connectivity index is 1.47. The summed E-state index contributed by atoms with van der Waals surface area (Å²) in [6, 6.07) is 17.6. The van der Waals surface area contributed by atoms with Crippen molar-refractivity contribution in [3.8, 4) is 11.3 Å². The van der Waals surface area contributed by atoms with Gasteiger partial charge in [0.05, 0.1) is 17.7 Å². The predicted molar refractivity (Wildman–Crippen MR) is 158 cm³/mol. The molecule has 4 aromatic rings. The lowest BCUT2D eigenvalue weighted by molar-refractivity contribution is -0.738. The van der Waals surface area contributed by atoms with Gasteiger partial charge in [-0.15, -0.1) is 3.89 Å². The number of carbonyl (C=O) groups is 1. The van der Waals surface area contributed by atoms with Crippen molar-refractivity contribution in [2.75, 3.05) is 11.9 Å². The molecular weight excluding hydrogens is 634 g/mol. The Bertz CT molecular complexity index is 1820.